The highest BCUT2D eigenvalue weighted by Crippen LogP contribution is 2.49. The molecule has 0 saturated heterocycles. The van der Waals surface area contributed by atoms with Gasteiger partial charge in [0.05, 0.1) is 5.69 Å². The summed E-state index contributed by atoms with van der Waals surface area (Å²) in [4.78, 5) is 5.30. The van der Waals surface area contributed by atoms with Crippen molar-refractivity contribution in [2.45, 2.75) is 112 Å². The first-order valence-corrected chi connectivity index (χ1v) is 29.3. The molecule has 12 rings (SSSR count). The molecular formula is C71H71BN2Si. The predicted molar refractivity (Wildman–Crippen MR) is 328 cm³/mol. The van der Waals surface area contributed by atoms with Crippen LogP contribution in [-0.2, 0) is 21.7 Å². The summed E-state index contributed by atoms with van der Waals surface area (Å²) in [5.74, 6) is 0. The Morgan fingerprint density at radius 3 is 1.43 bits per heavy atom. The maximum Gasteiger partial charge on any atom is 0.252 e. The zero-order valence-electron chi connectivity index (χ0n) is 46.4. The van der Waals surface area contributed by atoms with Crippen molar-refractivity contribution < 1.29 is 0 Å². The van der Waals surface area contributed by atoms with E-state index in [1.165, 1.54) is 121 Å². The van der Waals surface area contributed by atoms with Crippen molar-refractivity contribution in [1.29, 1.82) is 0 Å². The number of aryl methyl sites for hydroxylation is 1. The number of benzene rings is 9. The van der Waals surface area contributed by atoms with E-state index in [4.69, 9.17) is 0 Å². The molecule has 75 heavy (non-hydrogen) atoms. The van der Waals surface area contributed by atoms with E-state index in [1.54, 1.807) is 0 Å². The maximum atomic E-state index is 2.67. The molecule has 9 aromatic carbocycles. The predicted octanol–water partition coefficient (Wildman–Crippen LogP) is 14.3. The Morgan fingerprint density at radius 1 is 0.347 bits per heavy atom. The van der Waals surface area contributed by atoms with Crippen molar-refractivity contribution in [3.05, 3.63) is 222 Å². The van der Waals surface area contributed by atoms with Crippen molar-refractivity contribution in [2.24, 2.45) is 0 Å². The van der Waals surface area contributed by atoms with Gasteiger partial charge in [0.25, 0.3) is 6.71 Å². The molecule has 0 aromatic heterocycles. The topological polar surface area (TPSA) is 6.48 Å². The Labute approximate surface area is 449 Å². The first-order chi connectivity index (χ1) is 35.6. The standard InChI is InChI=1S/C71H71BN2Si/c1-46-40-63-67-64(41-46)74(60-39-35-50(70(8,9)10)42-56(60)47-28-30-48(31-29-47)68(2,3)4)61-43-51(71(11,12)13)34-38-58(61)72(67)59-44-57-55-26-20-21-27-65(55)75(53-22-16-14-17-23-53,54-24-18-15-19-25-54)66(57)45-62(59)73(63)52-36-32-49(33-37-52)69(5,6)7/h14-45H,1-13H3. The van der Waals surface area contributed by atoms with Gasteiger partial charge in [0.15, 0.2) is 8.07 Å². The summed E-state index contributed by atoms with van der Waals surface area (Å²) in [7, 11) is -2.84. The van der Waals surface area contributed by atoms with Crippen LogP contribution in [-0.4, -0.2) is 14.8 Å². The van der Waals surface area contributed by atoms with Crippen molar-refractivity contribution in [1.82, 2.24) is 0 Å². The van der Waals surface area contributed by atoms with Gasteiger partial charge in [-0.2, -0.15) is 0 Å². The summed E-state index contributed by atoms with van der Waals surface area (Å²) in [6, 6.07) is 76.2. The van der Waals surface area contributed by atoms with Gasteiger partial charge < -0.3 is 9.80 Å². The number of rotatable bonds is 5. The fourth-order valence-corrected chi connectivity index (χ4v) is 17.9. The fourth-order valence-electron chi connectivity index (χ4n) is 12.8. The smallest absolute Gasteiger partial charge is 0.252 e. The number of anilines is 6. The van der Waals surface area contributed by atoms with E-state index in [0.29, 0.717) is 0 Å². The SMILES string of the molecule is Cc1cc2c3c(c1)N(c1ccc(C(C)(C)C)cc1-c1ccc(C(C)(C)C)cc1)c1cc(C(C)(C)C)ccc1B3c1cc3c(cc1N2c1ccc(C(C)(C)C)cc1)[Si](c1ccccc1)(c1ccccc1)c1ccccc1-3. The third-order valence-corrected chi connectivity index (χ3v) is 21.7. The van der Waals surface area contributed by atoms with Gasteiger partial charge in [0, 0.05) is 34.0 Å². The lowest BCUT2D eigenvalue weighted by atomic mass is 9.33. The third kappa shape index (κ3) is 7.80. The van der Waals surface area contributed by atoms with E-state index in [-0.39, 0.29) is 28.4 Å². The van der Waals surface area contributed by atoms with E-state index < -0.39 is 8.07 Å². The molecule has 0 amide bonds. The summed E-state index contributed by atoms with van der Waals surface area (Å²) >= 11 is 0. The Kier molecular flexibility index (Phi) is 11.2. The second-order valence-corrected chi connectivity index (χ2v) is 29.7. The van der Waals surface area contributed by atoms with Crippen LogP contribution >= 0.6 is 0 Å². The van der Waals surface area contributed by atoms with Gasteiger partial charge in [-0.25, -0.2) is 0 Å². The van der Waals surface area contributed by atoms with Crippen molar-refractivity contribution >= 4 is 86.0 Å². The maximum absolute atomic E-state index is 2.84. The average Bonchev–Trinajstić information content (AvgIpc) is 3.67. The van der Waals surface area contributed by atoms with Crippen LogP contribution in [0.15, 0.2) is 194 Å². The summed E-state index contributed by atoms with van der Waals surface area (Å²) in [5, 5.41) is 5.73. The van der Waals surface area contributed by atoms with E-state index >= 15 is 0 Å². The van der Waals surface area contributed by atoms with Crippen molar-refractivity contribution in [3.63, 3.8) is 0 Å². The molecule has 0 spiro atoms. The van der Waals surface area contributed by atoms with Crippen LogP contribution in [0.2, 0.25) is 0 Å². The van der Waals surface area contributed by atoms with Crippen LogP contribution in [0.5, 0.6) is 0 Å². The molecule has 0 fully saturated rings. The molecule has 0 saturated carbocycles. The molecule has 0 bridgehead atoms. The highest BCUT2D eigenvalue weighted by molar-refractivity contribution is 7.22. The summed E-state index contributed by atoms with van der Waals surface area (Å²) in [6.07, 6.45) is 0. The first-order valence-electron chi connectivity index (χ1n) is 27.3. The van der Waals surface area contributed by atoms with E-state index in [9.17, 15) is 0 Å². The van der Waals surface area contributed by atoms with Gasteiger partial charge in [-0.15, -0.1) is 0 Å². The molecule has 3 heterocycles. The van der Waals surface area contributed by atoms with Crippen LogP contribution in [0.1, 0.15) is 111 Å². The number of nitrogens with zero attached hydrogens (tertiary/aromatic N) is 2. The highest BCUT2D eigenvalue weighted by atomic mass is 28.3. The van der Waals surface area contributed by atoms with Crippen LogP contribution in [0.25, 0.3) is 22.3 Å². The molecule has 4 heteroatoms. The molecule has 0 unspecified atom stereocenters. The lowest BCUT2D eigenvalue weighted by Gasteiger charge is -2.45. The van der Waals surface area contributed by atoms with Gasteiger partial charge in [-0.3, -0.25) is 0 Å². The fraction of sp³-hybridized carbons (Fsp3) is 0.239. The van der Waals surface area contributed by atoms with Gasteiger partial charge in [0.1, 0.15) is 0 Å². The normalized spacial score (nSPS) is 14.5. The lowest BCUT2D eigenvalue weighted by molar-refractivity contribution is 0.589. The van der Waals surface area contributed by atoms with Gasteiger partial charge in [0.2, 0.25) is 0 Å². The van der Waals surface area contributed by atoms with Crippen LogP contribution in [0, 0.1) is 6.92 Å². The van der Waals surface area contributed by atoms with Gasteiger partial charge in [-0.1, -0.05) is 229 Å². The molecule has 9 aromatic rings. The monoisotopic (exact) mass is 991 g/mol. The van der Waals surface area contributed by atoms with Crippen LogP contribution < -0.4 is 46.9 Å². The van der Waals surface area contributed by atoms with E-state index in [2.05, 4.69) is 294 Å². The Morgan fingerprint density at radius 2 is 0.840 bits per heavy atom. The Hall–Kier alpha value is -7.14. The summed E-state index contributed by atoms with van der Waals surface area (Å²) in [6.45, 7) is 30.2. The quantitative estimate of drug-likeness (QED) is 0.159. The minimum atomic E-state index is -2.84. The van der Waals surface area contributed by atoms with Gasteiger partial charge in [-0.05, 0) is 159 Å². The molecule has 0 radical (unpaired) electrons. The molecule has 2 nitrogen and oxygen atoms in total. The second-order valence-electron chi connectivity index (χ2n) is 25.9. The largest absolute Gasteiger partial charge is 0.311 e. The lowest BCUT2D eigenvalue weighted by Crippen LogP contribution is -2.73. The average molecular weight is 991 g/mol. The van der Waals surface area contributed by atoms with Gasteiger partial charge >= 0.3 is 0 Å². The zero-order valence-corrected chi connectivity index (χ0v) is 47.4. The molecule has 0 atom stereocenters. The highest BCUT2D eigenvalue weighted by Gasteiger charge is 2.51. The summed E-state index contributed by atoms with van der Waals surface area (Å²) < 4.78 is 0. The third-order valence-electron chi connectivity index (χ3n) is 16.8. The summed E-state index contributed by atoms with van der Waals surface area (Å²) in [5.41, 5.74) is 23.1. The molecule has 3 aliphatic rings. The molecule has 3 aliphatic heterocycles. The molecular weight excluding hydrogens is 920 g/mol. The van der Waals surface area contributed by atoms with E-state index in [1.807, 2.05) is 0 Å². The minimum Gasteiger partial charge on any atom is -0.311 e. The zero-order chi connectivity index (χ0) is 52.6. The number of fused-ring (bicyclic) bond motifs is 7. The molecule has 372 valence electrons. The van der Waals surface area contributed by atoms with Crippen LogP contribution in [0.4, 0.5) is 34.1 Å². The minimum absolute atomic E-state index is 0.0124. The van der Waals surface area contributed by atoms with E-state index in [0.717, 1.165) is 0 Å². The number of hydrogen-bond acceptors (Lipinski definition) is 2. The number of hydrogen-bond donors (Lipinski definition) is 0. The molecule has 0 N–H and O–H groups in total. The van der Waals surface area contributed by atoms with Crippen molar-refractivity contribution in [3.8, 4) is 22.3 Å². The van der Waals surface area contributed by atoms with Crippen LogP contribution in [0.3, 0.4) is 0 Å². The van der Waals surface area contributed by atoms with Crippen molar-refractivity contribution in [2.75, 3.05) is 9.80 Å². The second kappa shape index (κ2) is 17.2. The Balaban J connectivity index is 1.20. The first kappa shape index (κ1) is 48.8. The Bertz CT molecular complexity index is 3660. The molecule has 0 aliphatic carbocycles.